The molecule has 4 aromatic rings. The summed E-state index contributed by atoms with van der Waals surface area (Å²) >= 11 is 0. The van der Waals surface area contributed by atoms with Crippen LogP contribution in [0.4, 0.5) is 0 Å². The molecule has 1 aliphatic rings. The summed E-state index contributed by atoms with van der Waals surface area (Å²) in [7, 11) is 0. The summed E-state index contributed by atoms with van der Waals surface area (Å²) in [6.45, 7) is 0.545. The van der Waals surface area contributed by atoms with Crippen LogP contribution in [-0.2, 0) is 6.54 Å². The van der Waals surface area contributed by atoms with Gasteiger partial charge in [-0.1, -0.05) is 30.3 Å². The summed E-state index contributed by atoms with van der Waals surface area (Å²) in [5.41, 5.74) is 2.22. The lowest BCUT2D eigenvalue weighted by atomic mass is 10.1. The normalized spacial score (nSPS) is 14.0. The molecule has 1 N–H and O–H groups in total. The predicted octanol–water partition coefficient (Wildman–Crippen LogP) is 4.83. The summed E-state index contributed by atoms with van der Waals surface area (Å²) < 4.78 is 7.56. The van der Waals surface area contributed by atoms with Crippen molar-refractivity contribution < 1.29 is 14.6 Å². The Morgan fingerprint density at radius 3 is 2.61 bits per heavy atom. The molecule has 0 atom stereocenters. The zero-order valence-electron chi connectivity index (χ0n) is 16.5. The monoisotopic (exact) mass is 410 g/mol. The second-order valence-electron chi connectivity index (χ2n) is 7.34. The number of hydrogen-bond donors (Lipinski definition) is 1. The molecule has 0 unspecified atom stereocenters. The largest absolute Gasteiger partial charge is 0.478 e. The van der Waals surface area contributed by atoms with Crippen LogP contribution in [0, 0.1) is 0 Å². The minimum atomic E-state index is -1.05. The van der Waals surface area contributed by atoms with E-state index >= 15 is 0 Å². The van der Waals surface area contributed by atoms with Crippen molar-refractivity contribution in [2.45, 2.75) is 13.0 Å². The van der Waals surface area contributed by atoms with Crippen molar-refractivity contribution in [2.75, 3.05) is 0 Å². The van der Waals surface area contributed by atoms with Crippen LogP contribution in [0.1, 0.15) is 28.2 Å². The summed E-state index contributed by atoms with van der Waals surface area (Å²) in [6, 6.07) is 21.7. The number of hydrogen-bond acceptors (Lipinski definition) is 4. The lowest BCUT2D eigenvalue weighted by molar-refractivity contribution is 0.0697. The smallest absolute Gasteiger partial charge is 0.335 e. The van der Waals surface area contributed by atoms with E-state index in [4.69, 9.17) is 4.74 Å². The minimum absolute atomic E-state index is 0.110. The Kier molecular flexibility index (Phi) is 4.59. The maximum atomic E-state index is 12.9. The molecule has 6 heteroatoms. The zero-order chi connectivity index (χ0) is 21.4. The Hall–Kier alpha value is -4.19. The van der Waals surface area contributed by atoms with Gasteiger partial charge in [0.15, 0.2) is 0 Å². The predicted molar refractivity (Wildman–Crippen MR) is 118 cm³/mol. The van der Waals surface area contributed by atoms with Gasteiger partial charge in [-0.2, -0.15) is 0 Å². The Morgan fingerprint density at radius 2 is 1.81 bits per heavy atom. The number of rotatable bonds is 4. The Bertz CT molecular complexity index is 1400. The van der Waals surface area contributed by atoms with Gasteiger partial charge in [0.05, 0.1) is 16.5 Å². The van der Waals surface area contributed by atoms with Gasteiger partial charge >= 0.3 is 5.97 Å². The first-order valence-corrected chi connectivity index (χ1v) is 9.90. The van der Waals surface area contributed by atoms with Crippen molar-refractivity contribution in [1.29, 1.82) is 0 Å². The zero-order valence-corrected chi connectivity index (χ0v) is 16.5. The third-order valence-corrected chi connectivity index (χ3v) is 5.27. The molecule has 152 valence electrons. The van der Waals surface area contributed by atoms with Crippen LogP contribution >= 0.6 is 0 Å². The van der Waals surface area contributed by atoms with E-state index < -0.39 is 5.97 Å². The fourth-order valence-electron chi connectivity index (χ4n) is 3.78. The van der Waals surface area contributed by atoms with Crippen molar-refractivity contribution in [3.05, 3.63) is 100 Å². The van der Waals surface area contributed by atoms with Crippen LogP contribution in [0.3, 0.4) is 0 Å². The molecule has 2 heterocycles. The summed E-state index contributed by atoms with van der Waals surface area (Å²) in [5, 5.41) is 9.68. The van der Waals surface area contributed by atoms with Gasteiger partial charge < -0.3 is 9.84 Å². The fraction of sp³-hybridized carbons (Fsp3) is 0.0800. The van der Waals surface area contributed by atoms with E-state index in [9.17, 15) is 14.7 Å². The number of para-hydroxylation sites is 1. The van der Waals surface area contributed by atoms with Crippen LogP contribution in [0.15, 0.2) is 77.6 Å². The van der Waals surface area contributed by atoms with Gasteiger partial charge in [-0.05, 0) is 66.1 Å². The first-order valence-electron chi connectivity index (χ1n) is 9.90. The molecule has 6 nitrogen and oxygen atoms in total. The molecule has 3 aromatic carbocycles. The SMILES string of the molecule is O=C(O)c1ccc2c(=O)n3c(nc2c1)/C(=C/c1cccc(Oc2ccccc2)c1)CC3. The standard InChI is InChI=1S/C25H18N2O4/c28-24-21-10-9-18(25(29)30)15-22(21)26-23-17(11-12-27(23)24)13-16-5-4-8-20(14-16)31-19-6-2-1-3-7-19/h1-10,13-15H,11-12H2,(H,29,30)/b17-13+. The van der Waals surface area contributed by atoms with Crippen molar-refractivity contribution in [3.63, 3.8) is 0 Å². The van der Waals surface area contributed by atoms with E-state index in [0.29, 0.717) is 35.4 Å². The number of ether oxygens (including phenoxy) is 1. The molecule has 0 radical (unpaired) electrons. The molecule has 0 aliphatic carbocycles. The highest BCUT2D eigenvalue weighted by molar-refractivity contribution is 5.93. The maximum absolute atomic E-state index is 12.9. The average Bonchev–Trinajstić information content (AvgIpc) is 3.17. The number of carboxylic acids is 1. The highest BCUT2D eigenvalue weighted by Crippen LogP contribution is 2.29. The van der Waals surface area contributed by atoms with Gasteiger partial charge in [0.2, 0.25) is 0 Å². The third-order valence-electron chi connectivity index (χ3n) is 5.27. The number of carbonyl (C=O) groups is 1. The molecule has 0 spiro atoms. The van der Waals surface area contributed by atoms with Gasteiger partial charge in [0, 0.05) is 6.54 Å². The van der Waals surface area contributed by atoms with Crippen molar-refractivity contribution in [3.8, 4) is 11.5 Å². The number of allylic oxidation sites excluding steroid dienone is 1. The number of nitrogens with zero attached hydrogens (tertiary/aromatic N) is 2. The minimum Gasteiger partial charge on any atom is -0.478 e. The van der Waals surface area contributed by atoms with E-state index in [2.05, 4.69) is 4.98 Å². The van der Waals surface area contributed by atoms with Crippen LogP contribution in [0.5, 0.6) is 11.5 Å². The summed E-state index contributed by atoms with van der Waals surface area (Å²) in [6.07, 6.45) is 2.67. The van der Waals surface area contributed by atoms with Crippen molar-refractivity contribution in [2.24, 2.45) is 0 Å². The molecule has 0 fully saturated rings. The number of carboxylic acid groups (broad SMARTS) is 1. The van der Waals surface area contributed by atoms with Crippen LogP contribution < -0.4 is 10.3 Å². The number of aromatic nitrogens is 2. The molecule has 0 saturated carbocycles. The second kappa shape index (κ2) is 7.57. The van der Waals surface area contributed by atoms with E-state index in [0.717, 1.165) is 16.9 Å². The van der Waals surface area contributed by atoms with Gasteiger partial charge in [-0.25, -0.2) is 9.78 Å². The summed E-state index contributed by atoms with van der Waals surface area (Å²) in [5.74, 6) is 1.01. The highest BCUT2D eigenvalue weighted by atomic mass is 16.5. The Labute approximate surface area is 177 Å². The summed E-state index contributed by atoms with van der Waals surface area (Å²) in [4.78, 5) is 28.8. The van der Waals surface area contributed by atoms with Gasteiger partial charge in [-0.15, -0.1) is 0 Å². The molecular formula is C25H18N2O4. The van der Waals surface area contributed by atoms with Crippen LogP contribution in [-0.4, -0.2) is 20.6 Å². The third kappa shape index (κ3) is 3.59. The lowest BCUT2D eigenvalue weighted by Crippen LogP contribution is -2.20. The fourth-order valence-corrected chi connectivity index (χ4v) is 3.78. The Balaban J connectivity index is 1.53. The molecule has 0 bridgehead atoms. The number of benzene rings is 3. The van der Waals surface area contributed by atoms with Crippen molar-refractivity contribution >= 4 is 28.5 Å². The Morgan fingerprint density at radius 1 is 1.00 bits per heavy atom. The maximum Gasteiger partial charge on any atom is 0.335 e. The van der Waals surface area contributed by atoms with E-state index in [1.54, 1.807) is 4.57 Å². The molecule has 5 rings (SSSR count). The van der Waals surface area contributed by atoms with Crippen LogP contribution in [0.2, 0.25) is 0 Å². The first-order chi connectivity index (χ1) is 15.1. The molecule has 1 aromatic heterocycles. The van der Waals surface area contributed by atoms with E-state index in [-0.39, 0.29) is 11.1 Å². The molecule has 31 heavy (non-hydrogen) atoms. The van der Waals surface area contributed by atoms with Crippen LogP contribution in [0.25, 0.3) is 22.6 Å². The molecule has 1 aliphatic heterocycles. The van der Waals surface area contributed by atoms with E-state index in [1.807, 2.05) is 60.7 Å². The lowest BCUT2D eigenvalue weighted by Gasteiger charge is -2.07. The van der Waals surface area contributed by atoms with E-state index in [1.165, 1.54) is 18.2 Å². The average molecular weight is 410 g/mol. The van der Waals surface area contributed by atoms with Gasteiger partial charge in [-0.3, -0.25) is 9.36 Å². The number of aromatic carboxylic acids is 1. The number of fused-ring (bicyclic) bond motifs is 2. The van der Waals surface area contributed by atoms with Gasteiger partial charge in [0.25, 0.3) is 5.56 Å². The topological polar surface area (TPSA) is 81.4 Å². The first kappa shape index (κ1) is 18.8. The highest BCUT2D eigenvalue weighted by Gasteiger charge is 2.21. The molecule has 0 saturated heterocycles. The van der Waals surface area contributed by atoms with Crippen molar-refractivity contribution in [1.82, 2.24) is 9.55 Å². The molecular weight excluding hydrogens is 392 g/mol. The molecule has 0 amide bonds. The quantitative estimate of drug-likeness (QED) is 0.521. The second-order valence-corrected chi connectivity index (χ2v) is 7.34. The van der Waals surface area contributed by atoms with Gasteiger partial charge in [0.1, 0.15) is 17.3 Å².